The molecule has 28 heavy (non-hydrogen) atoms. The quantitative estimate of drug-likeness (QED) is 0.561. The van der Waals surface area contributed by atoms with Gasteiger partial charge < -0.3 is 9.73 Å². The van der Waals surface area contributed by atoms with Crippen LogP contribution in [0.3, 0.4) is 0 Å². The fourth-order valence-corrected chi connectivity index (χ4v) is 2.70. The SMILES string of the molecule is CC(C)(C)c1nc2cc(NC(=O)c3ccn(-c4ccc(F)cc4)n3)ccc2o1. The van der Waals surface area contributed by atoms with E-state index in [1.165, 1.54) is 16.8 Å². The topological polar surface area (TPSA) is 73.0 Å². The van der Waals surface area contributed by atoms with Crippen LogP contribution in [-0.2, 0) is 5.41 Å². The second-order valence-electron chi connectivity index (χ2n) is 7.53. The molecule has 1 N–H and O–H groups in total. The summed E-state index contributed by atoms with van der Waals surface area (Å²) >= 11 is 0. The minimum absolute atomic E-state index is 0.199. The fraction of sp³-hybridized carbons (Fsp3) is 0.190. The molecule has 7 heteroatoms. The standard InChI is InChI=1S/C21H19FN4O2/c1-21(2,3)20-24-17-12-14(6-9-18(17)28-20)23-19(27)16-10-11-26(25-16)15-7-4-13(22)5-8-15/h4-12H,1-3H3,(H,23,27). The number of benzene rings is 2. The monoisotopic (exact) mass is 378 g/mol. The van der Waals surface area contributed by atoms with Crippen molar-refractivity contribution in [2.45, 2.75) is 26.2 Å². The van der Waals surface area contributed by atoms with Gasteiger partial charge in [-0.2, -0.15) is 5.10 Å². The predicted octanol–water partition coefficient (Wildman–Crippen LogP) is 4.70. The number of rotatable bonds is 3. The molecular weight excluding hydrogens is 359 g/mol. The number of amides is 1. The van der Waals surface area contributed by atoms with E-state index in [9.17, 15) is 9.18 Å². The third-order valence-electron chi connectivity index (χ3n) is 4.20. The molecule has 2 heterocycles. The number of carbonyl (C=O) groups excluding carboxylic acids is 1. The van der Waals surface area contributed by atoms with E-state index < -0.39 is 0 Å². The summed E-state index contributed by atoms with van der Waals surface area (Å²) in [7, 11) is 0. The van der Waals surface area contributed by atoms with Crippen LogP contribution < -0.4 is 5.32 Å². The summed E-state index contributed by atoms with van der Waals surface area (Å²) in [6, 6.07) is 12.8. The van der Waals surface area contributed by atoms with Gasteiger partial charge in [-0.05, 0) is 48.5 Å². The van der Waals surface area contributed by atoms with Gasteiger partial charge in [0, 0.05) is 17.3 Å². The maximum absolute atomic E-state index is 13.1. The summed E-state index contributed by atoms with van der Waals surface area (Å²) in [5, 5.41) is 7.07. The molecule has 2 aromatic heterocycles. The van der Waals surface area contributed by atoms with Crippen molar-refractivity contribution in [3.8, 4) is 5.69 Å². The molecule has 0 saturated carbocycles. The maximum Gasteiger partial charge on any atom is 0.276 e. The van der Waals surface area contributed by atoms with Crippen LogP contribution in [0.15, 0.2) is 59.1 Å². The zero-order chi connectivity index (χ0) is 19.9. The Kier molecular flexibility index (Phi) is 4.22. The summed E-state index contributed by atoms with van der Waals surface area (Å²) in [6.07, 6.45) is 1.65. The van der Waals surface area contributed by atoms with Gasteiger partial charge in [0.2, 0.25) is 5.89 Å². The molecule has 0 aliphatic heterocycles. The van der Waals surface area contributed by atoms with Crippen molar-refractivity contribution in [3.05, 3.63) is 72.1 Å². The molecule has 0 saturated heterocycles. The average molecular weight is 378 g/mol. The number of hydrogen-bond donors (Lipinski definition) is 1. The third kappa shape index (κ3) is 3.51. The number of halogens is 1. The van der Waals surface area contributed by atoms with Crippen LogP contribution >= 0.6 is 0 Å². The first-order chi connectivity index (χ1) is 13.3. The molecule has 0 radical (unpaired) electrons. The smallest absolute Gasteiger partial charge is 0.276 e. The van der Waals surface area contributed by atoms with Gasteiger partial charge in [-0.3, -0.25) is 4.79 Å². The second-order valence-corrected chi connectivity index (χ2v) is 7.53. The molecule has 4 rings (SSSR count). The molecule has 142 valence electrons. The molecule has 0 atom stereocenters. The Balaban J connectivity index is 1.54. The number of nitrogens with zero attached hydrogens (tertiary/aromatic N) is 3. The lowest BCUT2D eigenvalue weighted by Crippen LogP contribution is -2.13. The van der Waals surface area contributed by atoms with Crippen molar-refractivity contribution < 1.29 is 13.6 Å². The lowest BCUT2D eigenvalue weighted by Gasteiger charge is -2.11. The molecule has 0 bridgehead atoms. The maximum atomic E-state index is 13.1. The summed E-state index contributed by atoms with van der Waals surface area (Å²) < 4.78 is 20.3. The molecule has 4 aromatic rings. The Hall–Kier alpha value is -3.48. The van der Waals surface area contributed by atoms with Crippen LogP contribution in [0.2, 0.25) is 0 Å². The summed E-state index contributed by atoms with van der Waals surface area (Å²) in [6.45, 7) is 6.08. The number of fused-ring (bicyclic) bond motifs is 1. The molecule has 0 fully saturated rings. The largest absolute Gasteiger partial charge is 0.440 e. The van der Waals surface area contributed by atoms with Crippen LogP contribution in [0.4, 0.5) is 10.1 Å². The molecule has 1 amide bonds. The molecule has 0 spiro atoms. The average Bonchev–Trinajstić information content (AvgIpc) is 3.29. The number of nitrogens with one attached hydrogen (secondary N) is 1. The number of oxazole rings is 1. The van der Waals surface area contributed by atoms with Crippen LogP contribution in [0, 0.1) is 5.82 Å². The number of hydrogen-bond acceptors (Lipinski definition) is 4. The van der Waals surface area contributed by atoms with Gasteiger partial charge in [0.15, 0.2) is 11.3 Å². The van der Waals surface area contributed by atoms with E-state index in [4.69, 9.17) is 4.42 Å². The van der Waals surface area contributed by atoms with Gasteiger partial charge in [0.25, 0.3) is 5.91 Å². The van der Waals surface area contributed by atoms with Gasteiger partial charge in [0.1, 0.15) is 11.3 Å². The second kappa shape index (κ2) is 6.60. The molecule has 6 nitrogen and oxygen atoms in total. The number of aromatic nitrogens is 3. The van der Waals surface area contributed by atoms with E-state index >= 15 is 0 Å². The summed E-state index contributed by atoms with van der Waals surface area (Å²) in [5.74, 6) is -0.0319. The van der Waals surface area contributed by atoms with Gasteiger partial charge in [-0.25, -0.2) is 14.1 Å². The third-order valence-corrected chi connectivity index (χ3v) is 4.20. The first-order valence-corrected chi connectivity index (χ1v) is 8.84. The van der Waals surface area contributed by atoms with E-state index in [0.29, 0.717) is 28.4 Å². The molecule has 2 aromatic carbocycles. The highest BCUT2D eigenvalue weighted by molar-refractivity contribution is 6.03. The molecule has 0 aliphatic rings. The Labute approximate surface area is 161 Å². The van der Waals surface area contributed by atoms with Gasteiger partial charge >= 0.3 is 0 Å². The van der Waals surface area contributed by atoms with Crippen LogP contribution in [0.1, 0.15) is 37.2 Å². The van der Waals surface area contributed by atoms with Crippen molar-refractivity contribution in [1.29, 1.82) is 0 Å². The van der Waals surface area contributed by atoms with Crippen LogP contribution in [0.25, 0.3) is 16.8 Å². The van der Waals surface area contributed by atoms with E-state index in [1.807, 2.05) is 20.8 Å². The van der Waals surface area contributed by atoms with Gasteiger partial charge in [-0.15, -0.1) is 0 Å². The first kappa shape index (κ1) is 17.9. The van der Waals surface area contributed by atoms with E-state index in [2.05, 4.69) is 15.4 Å². The number of anilines is 1. The first-order valence-electron chi connectivity index (χ1n) is 8.84. The lowest BCUT2D eigenvalue weighted by molar-refractivity contribution is 0.102. The van der Waals surface area contributed by atoms with Crippen molar-refractivity contribution in [2.24, 2.45) is 0 Å². The van der Waals surface area contributed by atoms with E-state index in [1.54, 1.807) is 42.6 Å². The highest BCUT2D eigenvalue weighted by atomic mass is 19.1. The Bertz CT molecular complexity index is 1150. The van der Waals surface area contributed by atoms with Crippen molar-refractivity contribution in [1.82, 2.24) is 14.8 Å². The van der Waals surface area contributed by atoms with E-state index in [0.717, 1.165) is 0 Å². The van der Waals surface area contributed by atoms with E-state index in [-0.39, 0.29) is 22.8 Å². The molecule has 0 unspecified atom stereocenters. The van der Waals surface area contributed by atoms with Crippen molar-refractivity contribution >= 4 is 22.7 Å². The van der Waals surface area contributed by atoms with Gasteiger partial charge in [0.05, 0.1) is 5.69 Å². The molecular formula is C21H19FN4O2. The highest BCUT2D eigenvalue weighted by Crippen LogP contribution is 2.27. The zero-order valence-electron chi connectivity index (χ0n) is 15.7. The zero-order valence-corrected chi connectivity index (χ0v) is 15.7. The van der Waals surface area contributed by atoms with Gasteiger partial charge in [-0.1, -0.05) is 20.8 Å². The minimum atomic E-state index is -0.347. The van der Waals surface area contributed by atoms with Crippen LogP contribution in [-0.4, -0.2) is 20.7 Å². The van der Waals surface area contributed by atoms with Crippen LogP contribution in [0.5, 0.6) is 0 Å². The summed E-state index contributed by atoms with van der Waals surface area (Å²) in [5.41, 5.74) is 2.67. The number of carbonyl (C=O) groups is 1. The normalized spacial score (nSPS) is 11.7. The van der Waals surface area contributed by atoms with Crippen molar-refractivity contribution in [2.75, 3.05) is 5.32 Å². The Morgan fingerprint density at radius 2 is 1.86 bits per heavy atom. The Morgan fingerprint density at radius 1 is 1.11 bits per heavy atom. The lowest BCUT2D eigenvalue weighted by atomic mass is 9.97. The summed E-state index contributed by atoms with van der Waals surface area (Å²) in [4.78, 5) is 17.0. The highest BCUT2D eigenvalue weighted by Gasteiger charge is 2.21. The predicted molar refractivity (Wildman–Crippen MR) is 104 cm³/mol. The minimum Gasteiger partial charge on any atom is -0.440 e. The Morgan fingerprint density at radius 3 is 2.57 bits per heavy atom. The fourth-order valence-electron chi connectivity index (χ4n) is 2.70. The molecule has 0 aliphatic carbocycles. The van der Waals surface area contributed by atoms with Crippen molar-refractivity contribution in [3.63, 3.8) is 0 Å².